The van der Waals surface area contributed by atoms with Crippen LogP contribution in [0.1, 0.15) is 29.6 Å². The molecule has 7 heteroatoms. The zero-order valence-corrected chi connectivity index (χ0v) is 12.6. The van der Waals surface area contributed by atoms with E-state index in [1.807, 2.05) is 0 Å². The molecule has 2 unspecified atom stereocenters. The molecule has 1 aromatic carbocycles. The number of rotatable bonds is 5. The second-order valence-corrected chi connectivity index (χ2v) is 6.97. The van der Waals surface area contributed by atoms with Crippen molar-refractivity contribution in [1.82, 2.24) is 4.72 Å². The fourth-order valence-electron chi connectivity index (χ4n) is 2.43. The molecule has 1 aromatic rings. The van der Waals surface area contributed by atoms with Gasteiger partial charge in [0.2, 0.25) is 10.0 Å². The number of aliphatic hydroxyl groups is 1. The van der Waals surface area contributed by atoms with Crippen LogP contribution in [0, 0.1) is 5.92 Å². The van der Waals surface area contributed by atoms with E-state index in [1.54, 1.807) is 0 Å². The van der Waals surface area contributed by atoms with E-state index in [1.165, 1.54) is 31.4 Å². The first-order valence-corrected chi connectivity index (χ1v) is 8.27. The minimum Gasteiger partial charge on any atom is -0.465 e. The van der Waals surface area contributed by atoms with Crippen molar-refractivity contribution in [1.29, 1.82) is 0 Å². The summed E-state index contributed by atoms with van der Waals surface area (Å²) in [6.07, 6.45) is 1.86. The van der Waals surface area contributed by atoms with E-state index in [-0.39, 0.29) is 16.9 Å². The van der Waals surface area contributed by atoms with E-state index in [4.69, 9.17) is 0 Å². The zero-order valence-electron chi connectivity index (χ0n) is 11.8. The summed E-state index contributed by atoms with van der Waals surface area (Å²) in [4.78, 5) is 11.4. The summed E-state index contributed by atoms with van der Waals surface area (Å²) in [6, 6.07) is 5.58. The van der Waals surface area contributed by atoms with Gasteiger partial charge in [0.1, 0.15) is 0 Å². The van der Waals surface area contributed by atoms with Crippen LogP contribution in [0.3, 0.4) is 0 Å². The largest absolute Gasteiger partial charge is 0.465 e. The van der Waals surface area contributed by atoms with Gasteiger partial charge in [-0.1, -0.05) is 0 Å². The quantitative estimate of drug-likeness (QED) is 0.788. The Hall–Kier alpha value is -1.44. The highest BCUT2D eigenvalue weighted by Gasteiger charge is 2.24. The Morgan fingerprint density at radius 2 is 2.00 bits per heavy atom. The number of esters is 1. The van der Waals surface area contributed by atoms with Gasteiger partial charge in [0.25, 0.3) is 0 Å². The monoisotopic (exact) mass is 313 g/mol. The predicted molar refractivity (Wildman–Crippen MR) is 76.3 cm³/mol. The number of sulfonamides is 1. The Labute approximate surface area is 124 Å². The summed E-state index contributed by atoms with van der Waals surface area (Å²) in [5, 5.41) is 9.43. The number of hydrogen-bond donors (Lipinski definition) is 2. The lowest BCUT2D eigenvalue weighted by atomic mass is 10.1. The van der Waals surface area contributed by atoms with E-state index in [0.29, 0.717) is 18.5 Å². The molecule has 2 N–H and O–H groups in total. The Bertz CT molecular complexity index is 596. The van der Waals surface area contributed by atoms with Gasteiger partial charge in [-0.15, -0.1) is 0 Å². The topological polar surface area (TPSA) is 92.7 Å². The number of ether oxygens (including phenoxy) is 1. The van der Waals surface area contributed by atoms with Crippen molar-refractivity contribution in [2.45, 2.75) is 30.3 Å². The third-order valence-electron chi connectivity index (χ3n) is 3.66. The number of benzene rings is 1. The molecule has 0 aromatic heterocycles. The lowest BCUT2D eigenvalue weighted by molar-refractivity contribution is 0.0600. The first kappa shape index (κ1) is 15.9. The molecule has 0 radical (unpaired) electrons. The summed E-state index contributed by atoms with van der Waals surface area (Å²) in [7, 11) is -2.33. The van der Waals surface area contributed by atoms with Crippen LogP contribution in [0.5, 0.6) is 0 Å². The first-order valence-electron chi connectivity index (χ1n) is 6.78. The van der Waals surface area contributed by atoms with Gasteiger partial charge in [0.05, 0.1) is 23.7 Å². The minimum atomic E-state index is -3.60. The van der Waals surface area contributed by atoms with Crippen LogP contribution in [0.15, 0.2) is 29.2 Å². The molecule has 21 heavy (non-hydrogen) atoms. The van der Waals surface area contributed by atoms with Crippen LogP contribution < -0.4 is 4.72 Å². The Morgan fingerprint density at radius 1 is 1.33 bits per heavy atom. The fraction of sp³-hybridized carbons (Fsp3) is 0.500. The number of methoxy groups -OCH3 is 1. The summed E-state index contributed by atoms with van der Waals surface area (Å²) in [5.41, 5.74) is 0.301. The molecule has 1 saturated carbocycles. The summed E-state index contributed by atoms with van der Waals surface area (Å²) < 4.78 is 31.4. The van der Waals surface area contributed by atoms with Gasteiger partial charge < -0.3 is 9.84 Å². The maximum absolute atomic E-state index is 12.1. The van der Waals surface area contributed by atoms with E-state index in [2.05, 4.69) is 9.46 Å². The highest BCUT2D eigenvalue weighted by Crippen LogP contribution is 2.25. The Kier molecular flexibility index (Phi) is 4.97. The van der Waals surface area contributed by atoms with E-state index >= 15 is 0 Å². The first-order chi connectivity index (χ1) is 9.92. The molecule has 2 atom stereocenters. The molecule has 1 aliphatic rings. The summed E-state index contributed by atoms with van der Waals surface area (Å²) in [5.74, 6) is -0.337. The molecule has 0 bridgehead atoms. The molecule has 0 amide bonds. The van der Waals surface area contributed by atoms with Gasteiger partial charge in [-0.25, -0.2) is 17.9 Å². The van der Waals surface area contributed by atoms with Gasteiger partial charge in [-0.2, -0.15) is 0 Å². The molecular formula is C14H19NO5S. The van der Waals surface area contributed by atoms with Crippen molar-refractivity contribution in [2.24, 2.45) is 5.92 Å². The van der Waals surface area contributed by atoms with Crippen molar-refractivity contribution in [3.63, 3.8) is 0 Å². The second-order valence-electron chi connectivity index (χ2n) is 5.20. The fourth-order valence-corrected chi connectivity index (χ4v) is 3.55. The number of carbonyl (C=O) groups excluding carboxylic acids is 1. The molecule has 0 spiro atoms. The van der Waals surface area contributed by atoms with E-state index in [9.17, 15) is 18.3 Å². The van der Waals surface area contributed by atoms with Crippen molar-refractivity contribution in [3.05, 3.63) is 29.8 Å². The average molecular weight is 313 g/mol. The summed E-state index contributed by atoms with van der Waals surface area (Å²) in [6.45, 7) is 0.318. The van der Waals surface area contributed by atoms with Crippen molar-refractivity contribution in [3.8, 4) is 0 Å². The van der Waals surface area contributed by atoms with Crippen molar-refractivity contribution in [2.75, 3.05) is 13.7 Å². The normalized spacial score (nSPS) is 22.2. The van der Waals surface area contributed by atoms with Gasteiger partial charge >= 0.3 is 5.97 Å². The Morgan fingerprint density at radius 3 is 2.52 bits per heavy atom. The van der Waals surface area contributed by atoms with Crippen LogP contribution in [0.25, 0.3) is 0 Å². The van der Waals surface area contributed by atoms with E-state index < -0.39 is 16.0 Å². The average Bonchev–Trinajstić information content (AvgIpc) is 2.90. The van der Waals surface area contributed by atoms with Crippen LogP contribution in [-0.2, 0) is 14.8 Å². The van der Waals surface area contributed by atoms with Crippen LogP contribution in [0.2, 0.25) is 0 Å². The van der Waals surface area contributed by atoms with Gasteiger partial charge in [-0.05, 0) is 49.4 Å². The third kappa shape index (κ3) is 4.03. The third-order valence-corrected chi connectivity index (χ3v) is 5.10. The number of nitrogens with one attached hydrogen (secondary N) is 1. The SMILES string of the molecule is COC(=O)c1ccc(S(=O)(=O)NCC2CCC(O)C2)cc1. The maximum Gasteiger partial charge on any atom is 0.337 e. The van der Waals surface area contributed by atoms with Crippen molar-refractivity contribution >= 4 is 16.0 Å². The molecule has 1 fully saturated rings. The number of aliphatic hydroxyl groups excluding tert-OH is 1. The Balaban J connectivity index is 2.00. The highest BCUT2D eigenvalue weighted by atomic mass is 32.2. The predicted octanol–water partition coefficient (Wildman–Crippen LogP) is 0.912. The smallest absolute Gasteiger partial charge is 0.337 e. The molecule has 1 aliphatic carbocycles. The number of hydrogen-bond acceptors (Lipinski definition) is 5. The molecule has 0 heterocycles. The zero-order chi connectivity index (χ0) is 15.5. The maximum atomic E-state index is 12.1. The lowest BCUT2D eigenvalue weighted by Crippen LogP contribution is -2.28. The minimum absolute atomic E-state index is 0.105. The van der Waals surface area contributed by atoms with Gasteiger partial charge in [0, 0.05) is 6.54 Å². The molecule has 0 aliphatic heterocycles. The summed E-state index contributed by atoms with van der Waals surface area (Å²) >= 11 is 0. The van der Waals surface area contributed by atoms with Gasteiger partial charge in [-0.3, -0.25) is 0 Å². The highest BCUT2D eigenvalue weighted by molar-refractivity contribution is 7.89. The lowest BCUT2D eigenvalue weighted by Gasteiger charge is -2.11. The molecule has 6 nitrogen and oxygen atoms in total. The van der Waals surface area contributed by atoms with Crippen LogP contribution >= 0.6 is 0 Å². The van der Waals surface area contributed by atoms with Crippen LogP contribution in [-0.4, -0.2) is 39.3 Å². The standard InChI is InChI=1S/C14H19NO5S/c1-20-14(17)11-3-6-13(7-4-11)21(18,19)15-9-10-2-5-12(16)8-10/h3-4,6-7,10,12,15-16H,2,5,8-9H2,1H3. The second kappa shape index (κ2) is 6.55. The molecule has 0 saturated heterocycles. The van der Waals surface area contributed by atoms with Crippen molar-refractivity contribution < 1.29 is 23.1 Å². The molecule has 2 rings (SSSR count). The van der Waals surface area contributed by atoms with E-state index in [0.717, 1.165) is 12.8 Å². The molecular weight excluding hydrogens is 294 g/mol. The number of carbonyl (C=O) groups is 1. The van der Waals surface area contributed by atoms with Gasteiger partial charge in [0.15, 0.2) is 0 Å². The molecule has 116 valence electrons. The van der Waals surface area contributed by atoms with Crippen LogP contribution in [0.4, 0.5) is 0 Å².